The summed E-state index contributed by atoms with van der Waals surface area (Å²) >= 11 is 1.63. The van der Waals surface area contributed by atoms with Gasteiger partial charge in [0.2, 0.25) is 5.91 Å². The van der Waals surface area contributed by atoms with Crippen molar-refractivity contribution < 1.29 is 37.3 Å². The number of nitrogens with one attached hydrogen (secondary N) is 1. The van der Waals surface area contributed by atoms with Crippen molar-refractivity contribution in [3.8, 4) is 11.1 Å². The Morgan fingerprint density at radius 2 is 1.70 bits per heavy atom. The van der Waals surface area contributed by atoms with Gasteiger partial charge in [-0.1, -0.05) is 73.7 Å². The number of thioether (sulfide) groups is 1. The molecule has 4 aromatic rings. The van der Waals surface area contributed by atoms with Crippen molar-refractivity contribution in [2.45, 2.75) is 68.7 Å². The Morgan fingerprint density at radius 3 is 2.42 bits per heavy atom. The van der Waals surface area contributed by atoms with E-state index in [1.165, 1.54) is 0 Å². The zero-order valence-electron chi connectivity index (χ0n) is 27.4. The normalized spacial score (nSPS) is 22.3. The Labute approximate surface area is 293 Å². The largest absolute Gasteiger partial charge is 0.471 e. The van der Waals surface area contributed by atoms with Gasteiger partial charge >= 0.3 is 12.1 Å². The summed E-state index contributed by atoms with van der Waals surface area (Å²) in [7, 11) is 0. The number of rotatable bonds is 10. The van der Waals surface area contributed by atoms with Crippen LogP contribution in [-0.2, 0) is 32.2 Å². The quantitative estimate of drug-likeness (QED) is 0.172. The average Bonchev–Trinajstić information content (AvgIpc) is 3.63. The van der Waals surface area contributed by atoms with Crippen LogP contribution >= 0.6 is 11.8 Å². The van der Waals surface area contributed by atoms with Crippen LogP contribution in [0, 0.1) is 5.92 Å². The zero-order chi connectivity index (χ0) is 35.3. The number of aliphatic hydroxyl groups is 1. The number of carbonyl (C=O) groups excluding carboxylic acids is 2. The van der Waals surface area contributed by atoms with Gasteiger partial charge in [-0.15, -0.1) is 11.8 Å². The molecule has 0 saturated carbocycles. The van der Waals surface area contributed by atoms with Crippen molar-refractivity contribution in [1.29, 1.82) is 0 Å². The summed E-state index contributed by atoms with van der Waals surface area (Å²) in [5.41, 5.74) is 5.15. The van der Waals surface area contributed by atoms with Crippen LogP contribution in [0.3, 0.4) is 0 Å². The van der Waals surface area contributed by atoms with Crippen molar-refractivity contribution in [1.82, 2.24) is 15.2 Å². The number of hydrogen-bond acceptors (Lipinski definition) is 7. The number of benzene rings is 3. The van der Waals surface area contributed by atoms with Gasteiger partial charge in [-0.25, -0.2) is 4.98 Å². The van der Waals surface area contributed by atoms with Crippen molar-refractivity contribution in [3.05, 3.63) is 119 Å². The van der Waals surface area contributed by atoms with Gasteiger partial charge in [0.15, 0.2) is 6.29 Å². The molecule has 0 spiro atoms. The lowest BCUT2D eigenvalue weighted by molar-refractivity contribution is -0.268. The Kier molecular flexibility index (Phi) is 11.2. The molecule has 2 amide bonds. The summed E-state index contributed by atoms with van der Waals surface area (Å²) in [5.74, 6) is -1.91. The zero-order valence-corrected chi connectivity index (χ0v) is 28.2. The Morgan fingerprint density at radius 1 is 0.940 bits per heavy atom. The first-order valence-electron chi connectivity index (χ1n) is 16.5. The first kappa shape index (κ1) is 35.6. The minimum Gasteiger partial charge on any atom is -0.392 e. The molecule has 0 radical (unpaired) electrons. The van der Waals surface area contributed by atoms with E-state index in [9.17, 15) is 27.9 Å². The fourth-order valence-corrected chi connectivity index (χ4v) is 7.42. The van der Waals surface area contributed by atoms with E-state index in [1.54, 1.807) is 18.0 Å². The van der Waals surface area contributed by atoms with Gasteiger partial charge in [0.05, 0.1) is 23.8 Å². The Balaban J connectivity index is 1.18. The van der Waals surface area contributed by atoms with E-state index in [0.29, 0.717) is 17.1 Å². The maximum Gasteiger partial charge on any atom is 0.471 e. The van der Waals surface area contributed by atoms with E-state index in [0.717, 1.165) is 38.4 Å². The molecule has 12 heteroatoms. The van der Waals surface area contributed by atoms with Gasteiger partial charge in [0, 0.05) is 36.5 Å². The number of ether oxygens (including phenoxy) is 2. The minimum atomic E-state index is -5.02. The molecule has 262 valence electrons. The van der Waals surface area contributed by atoms with Crippen molar-refractivity contribution in [2.75, 3.05) is 12.3 Å². The minimum absolute atomic E-state index is 0.0143. The van der Waals surface area contributed by atoms with Crippen LogP contribution < -0.4 is 5.32 Å². The van der Waals surface area contributed by atoms with Crippen LogP contribution in [-0.4, -0.2) is 57.4 Å². The van der Waals surface area contributed by atoms with Crippen LogP contribution in [0.5, 0.6) is 0 Å². The number of carbonyl (C=O) groups is 2. The number of hydrogen-bond donors (Lipinski definition) is 2. The molecule has 1 aromatic heterocycles. The third kappa shape index (κ3) is 8.38. The molecule has 0 unspecified atom stereocenters. The summed E-state index contributed by atoms with van der Waals surface area (Å²) < 4.78 is 52.4. The van der Waals surface area contributed by atoms with Gasteiger partial charge in [-0.05, 0) is 64.9 Å². The number of nitrogens with zero attached hydrogens (tertiary/aromatic N) is 2. The molecule has 2 N–H and O–H groups in total. The highest BCUT2D eigenvalue weighted by molar-refractivity contribution is 7.99. The molecular weight excluding hydrogens is 667 g/mol. The predicted molar refractivity (Wildman–Crippen MR) is 182 cm³/mol. The van der Waals surface area contributed by atoms with E-state index in [2.05, 4.69) is 17.2 Å². The van der Waals surface area contributed by atoms with E-state index >= 15 is 0 Å². The molecule has 2 aliphatic rings. The second-order valence-corrected chi connectivity index (χ2v) is 13.5. The van der Waals surface area contributed by atoms with E-state index in [-0.39, 0.29) is 44.2 Å². The molecule has 8 nitrogen and oxygen atoms in total. The molecule has 0 bridgehead atoms. The molecule has 50 heavy (non-hydrogen) atoms. The maximum atomic E-state index is 13.0. The predicted octanol–water partition coefficient (Wildman–Crippen LogP) is 6.99. The monoisotopic (exact) mass is 705 g/mol. The van der Waals surface area contributed by atoms with Crippen molar-refractivity contribution in [2.24, 2.45) is 5.92 Å². The van der Waals surface area contributed by atoms with Gasteiger partial charge in [-0.3, -0.25) is 9.59 Å². The lowest BCUT2D eigenvalue weighted by Gasteiger charge is -2.41. The van der Waals surface area contributed by atoms with E-state index in [1.807, 2.05) is 91.0 Å². The van der Waals surface area contributed by atoms with Gasteiger partial charge in [0.1, 0.15) is 6.04 Å². The maximum absolute atomic E-state index is 13.0. The Hall–Kier alpha value is -4.23. The highest BCUT2D eigenvalue weighted by Gasteiger charge is 2.47. The molecule has 6 rings (SSSR count). The first-order chi connectivity index (χ1) is 24.1. The first-order valence-corrected chi connectivity index (χ1v) is 17.5. The third-order valence-corrected chi connectivity index (χ3v) is 10.1. The summed E-state index contributed by atoms with van der Waals surface area (Å²) in [6.07, 6.45) is -3.84. The number of amides is 2. The van der Waals surface area contributed by atoms with Gasteiger partial charge < -0.3 is 24.8 Å². The molecule has 3 aromatic carbocycles. The highest BCUT2D eigenvalue weighted by atomic mass is 32.2. The Bertz CT molecular complexity index is 1780. The second kappa shape index (κ2) is 15.8. The molecule has 5 atom stereocenters. The number of alkyl halides is 3. The number of pyridine rings is 1. The number of aromatic nitrogens is 1. The van der Waals surface area contributed by atoms with Gasteiger partial charge in [0.25, 0.3) is 0 Å². The third-order valence-electron chi connectivity index (χ3n) is 9.10. The van der Waals surface area contributed by atoms with Crippen molar-refractivity contribution >= 4 is 23.6 Å². The SMILES string of the molecule is C[C@H]1[C@@H](CSc2ccccn2)O[C@@H](c2cccc(-c3cccc(CNC(=O)[C@@H]4CCCN4C(=O)C(F)(F)F)c3)c2)O[C@H]1c1ccc(CO)cc1. The highest BCUT2D eigenvalue weighted by Crippen LogP contribution is 2.43. The van der Waals surface area contributed by atoms with E-state index < -0.39 is 30.3 Å². The number of halogens is 3. The average molecular weight is 706 g/mol. The molecule has 2 saturated heterocycles. The summed E-state index contributed by atoms with van der Waals surface area (Å²) in [6.45, 7) is 2.06. The summed E-state index contributed by atoms with van der Waals surface area (Å²) in [6, 6.07) is 27.8. The number of likely N-dealkylation sites (tertiary alicyclic amines) is 1. The van der Waals surface area contributed by atoms with Crippen LogP contribution in [0.2, 0.25) is 0 Å². The summed E-state index contributed by atoms with van der Waals surface area (Å²) in [5, 5.41) is 13.2. The topological polar surface area (TPSA) is 101 Å². The number of aliphatic hydroxyl groups excluding tert-OH is 1. The lowest BCUT2D eigenvalue weighted by atomic mass is 9.91. The van der Waals surface area contributed by atoms with Crippen molar-refractivity contribution in [3.63, 3.8) is 0 Å². The fourth-order valence-electron chi connectivity index (χ4n) is 6.39. The summed E-state index contributed by atoms with van der Waals surface area (Å²) in [4.78, 5) is 29.7. The van der Waals surface area contributed by atoms with Crippen LogP contribution in [0.4, 0.5) is 13.2 Å². The smallest absolute Gasteiger partial charge is 0.392 e. The van der Waals surface area contributed by atoms with Crippen LogP contribution in [0.25, 0.3) is 11.1 Å². The standard InChI is InChI=1S/C38H38F3N3O5S/c1-24-32(23-50-33-12-2-3-17-42-33)48-36(49-34(24)27-15-13-25(22-45)14-16-27)30-10-5-9-29(20-30)28-8-4-7-26(19-28)21-43-35(46)31-11-6-18-44(31)37(47)38(39,40)41/h2-5,7-10,12-17,19-20,24,31-32,34,36,45H,6,11,18,21-23H2,1H3,(H,43,46)/t24-,31-,32+,34+,36+/m0/s1. The van der Waals surface area contributed by atoms with E-state index in [4.69, 9.17) is 9.47 Å². The molecule has 2 fully saturated rings. The van der Waals surface area contributed by atoms with Crippen LogP contribution in [0.15, 0.2) is 102 Å². The molecule has 2 aliphatic heterocycles. The molecular formula is C38H38F3N3O5S. The lowest BCUT2D eigenvalue weighted by Crippen LogP contribution is -2.50. The van der Waals surface area contributed by atoms with Crippen LogP contribution in [0.1, 0.15) is 54.4 Å². The molecule has 3 heterocycles. The second-order valence-electron chi connectivity index (χ2n) is 12.5. The molecule has 0 aliphatic carbocycles. The van der Waals surface area contributed by atoms with Gasteiger partial charge in [-0.2, -0.15) is 13.2 Å². The fraction of sp³-hybridized carbons (Fsp3) is 0.342.